The first kappa shape index (κ1) is 30.5. The minimum atomic E-state index is -1.50. The number of H-pyrrole nitrogens is 1. The lowest BCUT2D eigenvalue weighted by molar-refractivity contribution is -0.139. The van der Waals surface area contributed by atoms with Crippen molar-refractivity contribution in [1.82, 2.24) is 25.9 Å². The molecule has 1 fully saturated rings. The van der Waals surface area contributed by atoms with Crippen LogP contribution in [-0.2, 0) is 11.2 Å². The van der Waals surface area contributed by atoms with Gasteiger partial charge in [-0.25, -0.2) is 14.4 Å². The van der Waals surface area contributed by atoms with E-state index in [1.165, 1.54) is 18.3 Å². The monoisotopic (exact) mass is 614 g/mol. The number of carboxylic acids is 1. The quantitative estimate of drug-likeness (QED) is 0.198. The molecule has 1 heterocycles. The molecule has 2 aromatic carbocycles. The van der Waals surface area contributed by atoms with Crippen LogP contribution in [-0.4, -0.2) is 50.6 Å². The molecule has 3 aromatic rings. The Kier molecular flexibility index (Phi) is 9.81. The highest BCUT2D eigenvalue weighted by atomic mass is 35.5. The maximum atomic E-state index is 13.1. The van der Waals surface area contributed by atoms with Crippen LogP contribution in [0.15, 0.2) is 59.5 Å². The van der Waals surface area contributed by atoms with Gasteiger partial charge < -0.3 is 31.4 Å². The van der Waals surface area contributed by atoms with Crippen LogP contribution in [0.2, 0.25) is 10.0 Å². The van der Waals surface area contributed by atoms with Crippen LogP contribution in [0.5, 0.6) is 0 Å². The van der Waals surface area contributed by atoms with Gasteiger partial charge in [0.1, 0.15) is 17.5 Å². The van der Waals surface area contributed by atoms with E-state index < -0.39 is 35.3 Å². The van der Waals surface area contributed by atoms with Gasteiger partial charge in [0, 0.05) is 23.7 Å². The Balaban J connectivity index is 1.50. The van der Waals surface area contributed by atoms with Crippen molar-refractivity contribution >= 4 is 52.8 Å². The summed E-state index contributed by atoms with van der Waals surface area (Å²) < 4.78 is 0. The van der Waals surface area contributed by atoms with Crippen molar-refractivity contribution in [2.45, 2.75) is 50.2 Å². The summed E-state index contributed by atoms with van der Waals surface area (Å²) in [6.07, 6.45) is 4.18. The number of carboxylic acid groups (broad SMARTS) is 1. The minimum Gasteiger partial charge on any atom is -0.480 e. The third kappa shape index (κ3) is 7.65. The molecule has 1 unspecified atom stereocenters. The van der Waals surface area contributed by atoms with E-state index in [9.17, 15) is 29.1 Å². The lowest BCUT2D eigenvalue weighted by Gasteiger charge is -2.39. The Labute approximate surface area is 250 Å². The van der Waals surface area contributed by atoms with Crippen LogP contribution < -0.4 is 27.0 Å². The molecule has 1 aliphatic carbocycles. The standard InChI is InChI=1S/C28H28Cl2N6O6/c29-18-10-7-11-19(30)21(18)24(38)33-22-17(15-31-26(41)34-22)14-20(25(39)40)32-27(42)36-28(12-5-2-6-13-28)35-23(37)16-8-3-1-4-9-16/h1,3-4,7-11,15,20H,2,5-6,12-14H2,(H,35,37)(H,39,40)(H2,32,36,42)(H2,31,33,34,38,41). The summed E-state index contributed by atoms with van der Waals surface area (Å²) in [5, 5.41) is 20.6. The molecule has 4 amide bonds. The van der Waals surface area contributed by atoms with E-state index in [0.29, 0.717) is 18.4 Å². The highest BCUT2D eigenvalue weighted by molar-refractivity contribution is 6.40. The number of aliphatic carboxylic acids is 1. The van der Waals surface area contributed by atoms with Gasteiger partial charge in [0.15, 0.2) is 0 Å². The summed E-state index contributed by atoms with van der Waals surface area (Å²) in [5.41, 5.74) is -1.40. The van der Waals surface area contributed by atoms with Crippen molar-refractivity contribution in [3.63, 3.8) is 0 Å². The van der Waals surface area contributed by atoms with E-state index >= 15 is 0 Å². The number of carbonyl (C=O) groups is 4. The normalized spacial score (nSPS) is 14.7. The SMILES string of the molecule is O=C(NC(Cc1c[nH]c(=O)nc1NC(=O)c1c(Cl)cccc1Cl)C(=O)O)NC1(NC(=O)c2ccccc2)CCCCC1. The first-order chi connectivity index (χ1) is 20.1. The zero-order chi connectivity index (χ0) is 30.3. The predicted octanol–water partition coefficient (Wildman–Crippen LogP) is 3.71. The van der Waals surface area contributed by atoms with Crippen LogP contribution >= 0.6 is 23.2 Å². The van der Waals surface area contributed by atoms with Crippen molar-refractivity contribution in [1.29, 1.82) is 0 Å². The highest BCUT2D eigenvalue weighted by Crippen LogP contribution is 2.27. The molecule has 220 valence electrons. The average Bonchev–Trinajstić information content (AvgIpc) is 2.94. The maximum absolute atomic E-state index is 13.1. The molecule has 6 N–H and O–H groups in total. The lowest BCUT2D eigenvalue weighted by Crippen LogP contribution is -2.64. The number of hydrogen-bond acceptors (Lipinski definition) is 6. The number of amides is 4. The molecule has 0 saturated heterocycles. The van der Waals surface area contributed by atoms with Gasteiger partial charge in [0.25, 0.3) is 11.8 Å². The summed E-state index contributed by atoms with van der Waals surface area (Å²) in [7, 11) is 0. The second-order valence-corrected chi connectivity index (χ2v) is 10.6. The first-order valence-corrected chi connectivity index (χ1v) is 13.9. The van der Waals surface area contributed by atoms with Gasteiger partial charge in [-0.05, 0) is 49.9 Å². The van der Waals surface area contributed by atoms with Crippen molar-refractivity contribution in [2.24, 2.45) is 0 Å². The fourth-order valence-corrected chi connectivity index (χ4v) is 5.29. The van der Waals surface area contributed by atoms with E-state index in [0.717, 1.165) is 19.3 Å². The number of anilines is 1. The van der Waals surface area contributed by atoms with E-state index in [1.807, 2.05) is 0 Å². The molecule has 12 nitrogen and oxygen atoms in total. The molecular formula is C28H28Cl2N6O6. The molecule has 42 heavy (non-hydrogen) atoms. The van der Waals surface area contributed by atoms with Crippen LogP contribution in [0.4, 0.5) is 10.6 Å². The highest BCUT2D eigenvalue weighted by Gasteiger charge is 2.36. The summed E-state index contributed by atoms with van der Waals surface area (Å²) >= 11 is 12.2. The predicted molar refractivity (Wildman–Crippen MR) is 156 cm³/mol. The summed E-state index contributed by atoms with van der Waals surface area (Å²) in [6.45, 7) is 0. The Hall–Kier alpha value is -4.42. The average molecular weight is 615 g/mol. The van der Waals surface area contributed by atoms with Gasteiger partial charge >= 0.3 is 17.7 Å². The number of urea groups is 1. The van der Waals surface area contributed by atoms with Crippen molar-refractivity contribution in [2.75, 3.05) is 5.32 Å². The van der Waals surface area contributed by atoms with Crippen molar-refractivity contribution < 1.29 is 24.3 Å². The summed E-state index contributed by atoms with van der Waals surface area (Å²) in [6, 6.07) is 10.7. The Morgan fingerprint density at radius 2 is 1.60 bits per heavy atom. The van der Waals surface area contributed by atoms with Gasteiger partial charge in [-0.3, -0.25) is 9.59 Å². The third-order valence-corrected chi connectivity index (χ3v) is 7.42. The number of carbonyl (C=O) groups excluding carboxylic acids is 3. The second kappa shape index (κ2) is 13.5. The molecule has 0 spiro atoms. The molecule has 0 radical (unpaired) electrons. The van der Waals surface area contributed by atoms with Gasteiger partial charge in [-0.1, -0.05) is 53.9 Å². The number of hydrogen-bond donors (Lipinski definition) is 6. The number of benzene rings is 2. The van der Waals surface area contributed by atoms with Crippen LogP contribution in [0, 0.1) is 0 Å². The van der Waals surface area contributed by atoms with Crippen LogP contribution in [0.3, 0.4) is 0 Å². The summed E-state index contributed by atoms with van der Waals surface area (Å²) in [4.78, 5) is 69.1. The van der Waals surface area contributed by atoms with Crippen LogP contribution in [0.25, 0.3) is 0 Å². The molecule has 1 aromatic heterocycles. The number of aromatic nitrogens is 2. The summed E-state index contributed by atoms with van der Waals surface area (Å²) in [5.74, 6) is -2.75. The Morgan fingerprint density at radius 1 is 0.929 bits per heavy atom. The molecule has 4 rings (SSSR count). The van der Waals surface area contributed by atoms with Gasteiger partial charge in [-0.2, -0.15) is 4.98 Å². The minimum absolute atomic E-state index is 0.0588. The zero-order valence-corrected chi connectivity index (χ0v) is 23.7. The molecule has 14 heteroatoms. The topological polar surface area (TPSA) is 182 Å². The van der Waals surface area contributed by atoms with E-state index in [-0.39, 0.29) is 39.3 Å². The Morgan fingerprint density at radius 3 is 2.24 bits per heavy atom. The van der Waals surface area contributed by atoms with E-state index in [2.05, 4.69) is 31.2 Å². The number of rotatable bonds is 9. The number of aromatic amines is 1. The first-order valence-electron chi connectivity index (χ1n) is 13.1. The van der Waals surface area contributed by atoms with Crippen LogP contribution in [0.1, 0.15) is 58.4 Å². The smallest absolute Gasteiger partial charge is 0.346 e. The molecule has 0 bridgehead atoms. The molecule has 0 aliphatic heterocycles. The molecule has 1 atom stereocenters. The molecular weight excluding hydrogens is 587 g/mol. The van der Waals surface area contributed by atoms with Crippen molar-refractivity contribution in [3.8, 4) is 0 Å². The third-order valence-electron chi connectivity index (χ3n) is 6.79. The van der Waals surface area contributed by atoms with Gasteiger partial charge in [0.05, 0.1) is 15.6 Å². The van der Waals surface area contributed by atoms with Gasteiger partial charge in [-0.15, -0.1) is 0 Å². The number of nitrogens with one attached hydrogen (secondary N) is 5. The fourth-order valence-electron chi connectivity index (χ4n) is 4.72. The molecule has 1 aliphatic rings. The number of nitrogens with zero attached hydrogens (tertiary/aromatic N) is 1. The lowest BCUT2D eigenvalue weighted by atomic mass is 9.88. The second-order valence-electron chi connectivity index (χ2n) is 9.79. The van der Waals surface area contributed by atoms with E-state index in [4.69, 9.17) is 23.2 Å². The molecule has 1 saturated carbocycles. The Bertz CT molecular complexity index is 1520. The van der Waals surface area contributed by atoms with Gasteiger partial charge in [0.2, 0.25) is 0 Å². The number of halogens is 2. The maximum Gasteiger partial charge on any atom is 0.346 e. The van der Waals surface area contributed by atoms with E-state index in [1.54, 1.807) is 36.4 Å². The van der Waals surface area contributed by atoms with Crippen molar-refractivity contribution in [3.05, 3.63) is 91.9 Å². The fraction of sp³-hybridized carbons (Fsp3) is 0.286. The zero-order valence-electron chi connectivity index (χ0n) is 22.2. The largest absolute Gasteiger partial charge is 0.480 e.